The summed E-state index contributed by atoms with van der Waals surface area (Å²) in [4.78, 5) is 2.26. The number of sulfonamides is 1. The summed E-state index contributed by atoms with van der Waals surface area (Å²) in [5.41, 5.74) is 6.04. The molecule has 0 heterocycles. The highest BCUT2D eigenvalue weighted by Crippen LogP contribution is 2.12. The molecule has 19 heavy (non-hydrogen) atoms. The van der Waals surface area contributed by atoms with E-state index in [1.807, 2.05) is 25.9 Å². The Balaban J connectivity index is 2.94. The Morgan fingerprint density at radius 1 is 1.47 bits per heavy atom. The highest BCUT2D eigenvalue weighted by atomic mass is 32.2. The van der Waals surface area contributed by atoms with Gasteiger partial charge in [0, 0.05) is 18.2 Å². The van der Waals surface area contributed by atoms with Gasteiger partial charge < -0.3 is 10.6 Å². The predicted molar refractivity (Wildman–Crippen MR) is 80.7 cm³/mol. The lowest BCUT2D eigenvalue weighted by molar-refractivity contribution is 0.370. The maximum absolute atomic E-state index is 12.2. The minimum Gasteiger partial charge on any atom is -0.389 e. The number of nitrogens with one attached hydrogen (secondary N) is 1. The van der Waals surface area contributed by atoms with Gasteiger partial charge in [-0.2, -0.15) is 0 Å². The maximum atomic E-state index is 12.2. The first-order valence-corrected chi connectivity index (χ1v) is 7.68. The van der Waals surface area contributed by atoms with Gasteiger partial charge in [0.15, 0.2) is 0 Å². The van der Waals surface area contributed by atoms with Gasteiger partial charge in [-0.3, -0.25) is 0 Å². The van der Waals surface area contributed by atoms with Crippen LogP contribution in [0.25, 0.3) is 0 Å². The second kappa shape index (κ2) is 6.42. The molecule has 0 bridgehead atoms. The van der Waals surface area contributed by atoms with Crippen LogP contribution in [-0.4, -0.2) is 45.0 Å². The van der Waals surface area contributed by atoms with Gasteiger partial charge in [-0.15, -0.1) is 0 Å². The fourth-order valence-electron chi connectivity index (χ4n) is 1.73. The molecule has 0 spiro atoms. The minimum absolute atomic E-state index is 0.170. The van der Waals surface area contributed by atoms with Gasteiger partial charge >= 0.3 is 0 Å². The monoisotopic (exact) mass is 301 g/mol. The van der Waals surface area contributed by atoms with E-state index in [1.165, 1.54) is 12.1 Å². The maximum Gasteiger partial charge on any atom is 0.240 e. The second-order valence-electron chi connectivity index (χ2n) is 4.68. The summed E-state index contributed by atoms with van der Waals surface area (Å²) in [7, 11) is 0.221. The molecule has 0 aromatic heterocycles. The molecule has 0 fully saturated rings. The fourth-order valence-corrected chi connectivity index (χ4v) is 3.14. The van der Waals surface area contributed by atoms with Crippen molar-refractivity contribution in [1.82, 2.24) is 9.62 Å². The number of nitrogens with zero attached hydrogens (tertiary/aromatic N) is 1. The van der Waals surface area contributed by atoms with Gasteiger partial charge in [-0.25, -0.2) is 13.1 Å². The third-order valence-electron chi connectivity index (χ3n) is 2.42. The molecule has 1 unspecified atom stereocenters. The zero-order valence-electron chi connectivity index (χ0n) is 11.3. The Kier molecular flexibility index (Phi) is 5.42. The van der Waals surface area contributed by atoms with Crippen molar-refractivity contribution >= 4 is 27.2 Å². The minimum atomic E-state index is -3.55. The van der Waals surface area contributed by atoms with Crippen LogP contribution in [0.3, 0.4) is 0 Å². The molecule has 7 heteroatoms. The summed E-state index contributed by atoms with van der Waals surface area (Å²) >= 11 is 4.85. The van der Waals surface area contributed by atoms with E-state index in [9.17, 15) is 8.42 Å². The van der Waals surface area contributed by atoms with Crippen LogP contribution in [0.5, 0.6) is 0 Å². The Bertz CT molecular complexity index is 556. The summed E-state index contributed by atoms with van der Waals surface area (Å²) in [6.07, 6.45) is 0. The van der Waals surface area contributed by atoms with Gasteiger partial charge in [-0.1, -0.05) is 24.4 Å². The zero-order valence-corrected chi connectivity index (χ0v) is 12.9. The average Bonchev–Trinajstić information content (AvgIpc) is 2.27. The first-order chi connectivity index (χ1) is 8.72. The Labute approximate surface area is 119 Å². The smallest absolute Gasteiger partial charge is 0.240 e. The van der Waals surface area contributed by atoms with Crippen molar-refractivity contribution < 1.29 is 8.42 Å². The molecule has 0 saturated carbocycles. The Morgan fingerprint density at radius 3 is 2.63 bits per heavy atom. The number of nitrogens with two attached hydrogens (primary N) is 1. The van der Waals surface area contributed by atoms with E-state index in [0.29, 0.717) is 12.1 Å². The molecule has 1 aromatic rings. The van der Waals surface area contributed by atoms with Gasteiger partial charge in [0.05, 0.1) is 4.90 Å². The first kappa shape index (κ1) is 16.0. The van der Waals surface area contributed by atoms with E-state index < -0.39 is 10.0 Å². The molecule has 1 rings (SSSR count). The van der Waals surface area contributed by atoms with E-state index in [2.05, 4.69) is 4.72 Å². The molecule has 0 aliphatic rings. The van der Waals surface area contributed by atoms with Gasteiger partial charge in [0.1, 0.15) is 4.99 Å². The zero-order chi connectivity index (χ0) is 14.6. The number of hydrogen-bond donors (Lipinski definition) is 2. The molecule has 0 radical (unpaired) electrons. The molecule has 1 atom stereocenters. The van der Waals surface area contributed by atoms with Crippen LogP contribution in [0.4, 0.5) is 0 Å². The predicted octanol–water partition coefficient (Wildman–Crippen LogP) is 0.549. The molecule has 0 amide bonds. The van der Waals surface area contributed by atoms with Crippen molar-refractivity contribution in [3.63, 3.8) is 0 Å². The lowest BCUT2D eigenvalue weighted by Crippen LogP contribution is -2.39. The van der Waals surface area contributed by atoms with Crippen LogP contribution < -0.4 is 10.5 Å². The van der Waals surface area contributed by atoms with Crippen molar-refractivity contribution in [2.24, 2.45) is 5.73 Å². The molecule has 1 aromatic carbocycles. The van der Waals surface area contributed by atoms with Crippen LogP contribution in [0.1, 0.15) is 12.5 Å². The Morgan fingerprint density at radius 2 is 2.11 bits per heavy atom. The highest BCUT2D eigenvalue weighted by molar-refractivity contribution is 7.89. The van der Waals surface area contributed by atoms with Crippen LogP contribution in [-0.2, 0) is 10.0 Å². The molecule has 5 nitrogen and oxygen atoms in total. The van der Waals surface area contributed by atoms with E-state index in [0.717, 1.165) is 0 Å². The molecular formula is C12H19N3O2S2. The quantitative estimate of drug-likeness (QED) is 0.751. The summed E-state index contributed by atoms with van der Waals surface area (Å²) in [6, 6.07) is 6.12. The van der Waals surface area contributed by atoms with E-state index in [4.69, 9.17) is 18.0 Å². The third-order valence-corrected chi connectivity index (χ3v) is 4.25. The van der Waals surface area contributed by atoms with Gasteiger partial charge in [0.2, 0.25) is 10.0 Å². The van der Waals surface area contributed by atoms with Crippen LogP contribution >= 0.6 is 12.2 Å². The number of rotatable bonds is 6. The Hall–Kier alpha value is -1.02. The third kappa shape index (κ3) is 4.87. The van der Waals surface area contributed by atoms with Crippen LogP contribution in [0.2, 0.25) is 0 Å². The normalized spacial score (nSPS) is 13.5. The second-order valence-corrected chi connectivity index (χ2v) is 6.83. The first-order valence-electron chi connectivity index (χ1n) is 5.79. The summed E-state index contributed by atoms with van der Waals surface area (Å²) in [5.74, 6) is 0. The number of hydrogen-bond acceptors (Lipinski definition) is 4. The fraction of sp³-hybridized carbons (Fsp3) is 0.417. The number of benzene rings is 1. The van der Waals surface area contributed by atoms with Gasteiger partial charge in [-0.05, 0) is 33.2 Å². The standard InChI is InChI=1S/C12H19N3O2S2/c1-9(8-15(2)3)14-19(16,17)11-6-4-5-10(7-11)12(13)18/h4-7,9,14H,8H2,1-3H3,(H2,13,18). The van der Waals surface area contributed by atoms with E-state index >= 15 is 0 Å². The van der Waals surface area contributed by atoms with Gasteiger partial charge in [0.25, 0.3) is 0 Å². The summed E-state index contributed by atoms with van der Waals surface area (Å²) < 4.78 is 27.0. The lowest BCUT2D eigenvalue weighted by atomic mass is 10.2. The molecule has 3 N–H and O–H groups in total. The van der Waals surface area contributed by atoms with Crippen molar-refractivity contribution in [2.45, 2.75) is 17.9 Å². The molecule has 0 aliphatic heterocycles. The van der Waals surface area contributed by atoms with E-state index in [1.54, 1.807) is 12.1 Å². The van der Waals surface area contributed by atoms with Crippen LogP contribution in [0.15, 0.2) is 29.2 Å². The summed E-state index contributed by atoms with van der Waals surface area (Å²) in [6.45, 7) is 2.43. The van der Waals surface area contributed by atoms with Crippen molar-refractivity contribution in [1.29, 1.82) is 0 Å². The molecule has 106 valence electrons. The highest BCUT2D eigenvalue weighted by Gasteiger charge is 2.18. The number of thiocarbonyl (C=S) groups is 1. The largest absolute Gasteiger partial charge is 0.389 e. The lowest BCUT2D eigenvalue weighted by Gasteiger charge is -2.18. The van der Waals surface area contributed by atoms with Crippen LogP contribution in [0, 0.1) is 0 Å². The topological polar surface area (TPSA) is 75.4 Å². The van der Waals surface area contributed by atoms with Crippen molar-refractivity contribution in [3.05, 3.63) is 29.8 Å². The molecule has 0 saturated heterocycles. The summed E-state index contributed by atoms with van der Waals surface area (Å²) in [5, 5.41) is 0. The van der Waals surface area contributed by atoms with E-state index in [-0.39, 0.29) is 15.9 Å². The molecule has 0 aliphatic carbocycles. The average molecular weight is 301 g/mol. The SMILES string of the molecule is CC(CN(C)C)NS(=O)(=O)c1cccc(C(N)=S)c1. The van der Waals surface area contributed by atoms with Crippen molar-refractivity contribution in [3.8, 4) is 0 Å². The molecular weight excluding hydrogens is 282 g/mol. The number of likely N-dealkylation sites (N-methyl/N-ethyl adjacent to an activating group) is 1. The van der Waals surface area contributed by atoms with Crippen molar-refractivity contribution in [2.75, 3.05) is 20.6 Å².